The van der Waals surface area contributed by atoms with Crippen LogP contribution in [0, 0.1) is 0 Å². The summed E-state index contributed by atoms with van der Waals surface area (Å²) in [6.45, 7) is 2.38. The van der Waals surface area contributed by atoms with Crippen molar-refractivity contribution in [3.05, 3.63) is 27.2 Å². The van der Waals surface area contributed by atoms with Crippen LogP contribution < -0.4 is 4.90 Å². The van der Waals surface area contributed by atoms with Gasteiger partial charge in [-0.05, 0) is 46.5 Å². The van der Waals surface area contributed by atoms with E-state index in [9.17, 15) is 4.79 Å². The van der Waals surface area contributed by atoms with Gasteiger partial charge < -0.3 is 4.90 Å². The first kappa shape index (κ1) is 11.0. The van der Waals surface area contributed by atoms with E-state index in [1.54, 1.807) is 11.8 Å². The van der Waals surface area contributed by atoms with E-state index >= 15 is 0 Å². The average molecular weight is 289 g/mol. The number of anilines is 1. The molecule has 0 bridgehead atoms. The van der Waals surface area contributed by atoms with E-state index in [1.165, 1.54) is 5.56 Å². The zero-order valence-corrected chi connectivity index (χ0v) is 10.7. The highest BCUT2D eigenvalue weighted by Gasteiger charge is 2.20. The second kappa shape index (κ2) is 4.14. The number of hydrogen-bond donors (Lipinski definition) is 0. The summed E-state index contributed by atoms with van der Waals surface area (Å²) < 4.78 is 0.897. The summed E-state index contributed by atoms with van der Waals surface area (Å²) in [5.41, 5.74) is 2.15. The number of benzene rings is 1. The van der Waals surface area contributed by atoms with Crippen LogP contribution in [0.25, 0.3) is 0 Å². The molecule has 1 heterocycles. The number of amides is 1. The largest absolute Gasteiger partial charge is 0.312 e. The molecular formula is C11H11BrClNO. The smallest absolute Gasteiger partial charge is 0.223 e. The van der Waals surface area contributed by atoms with Crippen LogP contribution >= 0.6 is 27.5 Å². The van der Waals surface area contributed by atoms with Gasteiger partial charge in [-0.2, -0.15) is 0 Å². The molecule has 0 atom stereocenters. The second-order valence-corrected chi connectivity index (χ2v) is 4.93. The van der Waals surface area contributed by atoms with Crippen molar-refractivity contribution >= 4 is 39.1 Å². The molecule has 0 aliphatic carbocycles. The third-order valence-corrected chi connectivity index (χ3v) is 3.82. The maximum atomic E-state index is 11.4. The number of carbonyl (C=O) groups is 1. The third kappa shape index (κ3) is 2.04. The lowest BCUT2D eigenvalue weighted by Gasteiger charge is -2.29. The zero-order valence-electron chi connectivity index (χ0n) is 8.39. The van der Waals surface area contributed by atoms with Crippen molar-refractivity contribution in [2.45, 2.75) is 19.8 Å². The quantitative estimate of drug-likeness (QED) is 0.716. The van der Waals surface area contributed by atoms with Crippen LogP contribution in [-0.4, -0.2) is 12.5 Å². The number of nitrogens with zero attached hydrogens (tertiary/aromatic N) is 1. The molecule has 0 fully saturated rings. The zero-order chi connectivity index (χ0) is 11.0. The first-order valence-corrected chi connectivity index (χ1v) is 6.02. The molecule has 0 unspecified atom stereocenters. The van der Waals surface area contributed by atoms with Gasteiger partial charge in [0.1, 0.15) is 0 Å². The van der Waals surface area contributed by atoms with Crippen molar-refractivity contribution in [3.8, 4) is 0 Å². The Hall–Kier alpha value is -0.540. The number of aryl methyl sites for hydroxylation is 1. The summed E-state index contributed by atoms with van der Waals surface area (Å²) in [5, 5.41) is 0.655. The van der Waals surface area contributed by atoms with Gasteiger partial charge in [0, 0.05) is 23.6 Å². The monoisotopic (exact) mass is 287 g/mol. The third-order valence-electron chi connectivity index (χ3n) is 2.62. The van der Waals surface area contributed by atoms with E-state index in [-0.39, 0.29) is 5.91 Å². The summed E-state index contributed by atoms with van der Waals surface area (Å²) in [4.78, 5) is 13.2. The van der Waals surface area contributed by atoms with Crippen LogP contribution in [0.3, 0.4) is 0 Å². The average Bonchev–Trinajstić information content (AvgIpc) is 2.18. The van der Waals surface area contributed by atoms with Crippen molar-refractivity contribution in [3.63, 3.8) is 0 Å². The predicted octanol–water partition coefficient (Wildman–Crippen LogP) is 3.40. The Morgan fingerprint density at radius 3 is 2.93 bits per heavy atom. The molecule has 4 heteroatoms. The molecule has 1 aliphatic heterocycles. The van der Waals surface area contributed by atoms with Crippen LogP contribution in [0.4, 0.5) is 5.69 Å². The van der Waals surface area contributed by atoms with E-state index < -0.39 is 0 Å². The topological polar surface area (TPSA) is 20.3 Å². The fraction of sp³-hybridized carbons (Fsp3) is 0.364. The standard InChI is InChI=1S/C11H11BrClNO/c1-7(15)14-4-2-3-8-5-9(12)10(13)6-11(8)14/h5-6H,2-4H2,1H3. The first-order valence-electron chi connectivity index (χ1n) is 4.85. The van der Waals surface area contributed by atoms with Gasteiger partial charge in [-0.3, -0.25) is 4.79 Å². The first-order chi connectivity index (χ1) is 7.09. The van der Waals surface area contributed by atoms with Crippen molar-refractivity contribution < 1.29 is 4.79 Å². The predicted molar refractivity (Wildman–Crippen MR) is 65.5 cm³/mol. The normalized spacial score (nSPS) is 15.0. The molecule has 0 radical (unpaired) electrons. The van der Waals surface area contributed by atoms with Gasteiger partial charge in [0.2, 0.25) is 5.91 Å². The Labute approximate surface area is 102 Å². The lowest BCUT2D eigenvalue weighted by atomic mass is 10.0. The van der Waals surface area contributed by atoms with Crippen molar-refractivity contribution in [2.75, 3.05) is 11.4 Å². The maximum Gasteiger partial charge on any atom is 0.223 e. The summed E-state index contributed by atoms with van der Waals surface area (Å²) in [7, 11) is 0. The molecule has 1 aromatic rings. The molecule has 80 valence electrons. The SMILES string of the molecule is CC(=O)N1CCCc2cc(Br)c(Cl)cc21. The summed E-state index contributed by atoms with van der Waals surface area (Å²) >= 11 is 9.43. The van der Waals surface area contributed by atoms with Crippen LogP contribution in [0.1, 0.15) is 18.9 Å². The van der Waals surface area contributed by atoms with Crippen LogP contribution in [0.15, 0.2) is 16.6 Å². The minimum Gasteiger partial charge on any atom is -0.312 e. The van der Waals surface area contributed by atoms with Gasteiger partial charge in [-0.1, -0.05) is 11.6 Å². The summed E-state index contributed by atoms with van der Waals surface area (Å²) in [6.07, 6.45) is 2.02. The second-order valence-electron chi connectivity index (χ2n) is 3.67. The Bertz CT molecular complexity index is 419. The lowest BCUT2D eigenvalue weighted by molar-refractivity contribution is -0.116. The molecule has 0 aromatic heterocycles. The van der Waals surface area contributed by atoms with E-state index in [2.05, 4.69) is 15.9 Å². The molecule has 0 spiro atoms. The minimum atomic E-state index is 0.0781. The van der Waals surface area contributed by atoms with Gasteiger partial charge in [-0.15, -0.1) is 0 Å². The number of hydrogen-bond acceptors (Lipinski definition) is 1. The van der Waals surface area contributed by atoms with Gasteiger partial charge in [-0.25, -0.2) is 0 Å². The van der Waals surface area contributed by atoms with Crippen LogP contribution in [-0.2, 0) is 11.2 Å². The molecule has 1 aromatic carbocycles. The Balaban J connectivity index is 2.51. The molecule has 0 saturated carbocycles. The van der Waals surface area contributed by atoms with Crippen molar-refractivity contribution in [2.24, 2.45) is 0 Å². The number of rotatable bonds is 0. The number of carbonyl (C=O) groups excluding carboxylic acids is 1. The fourth-order valence-corrected chi connectivity index (χ4v) is 2.45. The lowest BCUT2D eigenvalue weighted by Crippen LogP contribution is -2.33. The van der Waals surface area contributed by atoms with Gasteiger partial charge >= 0.3 is 0 Å². The van der Waals surface area contributed by atoms with E-state index in [0.717, 1.165) is 29.5 Å². The molecular weight excluding hydrogens is 277 g/mol. The Kier molecular flexibility index (Phi) is 3.03. The summed E-state index contributed by atoms with van der Waals surface area (Å²) in [5.74, 6) is 0.0781. The Morgan fingerprint density at radius 2 is 2.27 bits per heavy atom. The van der Waals surface area contributed by atoms with E-state index in [1.807, 2.05) is 12.1 Å². The van der Waals surface area contributed by atoms with Crippen LogP contribution in [0.5, 0.6) is 0 Å². The van der Waals surface area contributed by atoms with E-state index in [0.29, 0.717) is 5.02 Å². The molecule has 2 rings (SSSR count). The van der Waals surface area contributed by atoms with Gasteiger partial charge in [0.25, 0.3) is 0 Å². The van der Waals surface area contributed by atoms with Gasteiger partial charge in [0.15, 0.2) is 0 Å². The number of halogens is 2. The molecule has 0 N–H and O–H groups in total. The molecule has 15 heavy (non-hydrogen) atoms. The Morgan fingerprint density at radius 1 is 1.53 bits per heavy atom. The summed E-state index contributed by atoms with van der Waals surface area (Å²) in [6, 6.07) is 3.87. The van der Waals surface area contributed by atoms with Crippen molar-refractivity contribution in [1.82, 2.24) is 0 Å². The van der Waals surface area contributed by atoms with Crippen LogP contribution in [0.2, 0.25) is 5.02 Å². The minimum absolute atomic E-state index is 0.0781. The highest BCUT2D eigenvalue weighted by atomic mass is 79.9. The molecule has 2 nitrogen and oxygen atoms in total. The van der Waals surface area contributed by atoms with Gasteiger partial charge in [0.05, 0.1) is 5.02 Å². The maximum absolute atomic E-state index is 11.4. The molecule has 0 saturated heterocycles. The highest BCUT2D eigenvalue weighted by molar-refractivity contribution is 9.10. The highest BCUT2D eigenvalue weighted by Crippen LogP contribution is 2.34. The molecule has 1 amide bonds. The fourth-order valence-electron chi connectivity index (χ4n) is 1.90. The van der Waals surface area contributed by atoms with Crippen molar-refractivity contribution in [1.29, 1.82) is 0 Å². The number of fused-ring (bicyclic) bond motifs is 1. The van der Waals surface area contributed by atoms with E-state index in [4.69, 9.17) is 11.6 Å². The molecule has 1 aliphatic rings.